The summed E-state index contributed by atoms with van der Waals surface area (Å²) in [5.74, 6) is 1.56. The molecular formula is C15H23NO2. The largest absolute Gasteiger partial charge is 0.493 e. The maximum Gasteiger partial charge on any atom is 0.161 e. The van der Waals surface area contributed by atoms with Gasteiger partial charge < -0.3 is 15.2 Å². The minimum Gasteiger partial charge on any atom is -0.493 e. The van der Waals surface area contributed by atoms with Gasteiger partial charge in [-0.15, -0.1) is 0 Å². The van der Waals surface area contributed by atoms with E-state index in [2.05, 4.69) is 19.9 Å². The van der Waals surface area contributed by atoms with E-state index in [9.17, 15) is 0 Å². The maximum atomic E-state index is 5.67. The zero-order chi connectivity index (χ0) is 13.4. The molecule has 0 fully saturated rings. The molecule has 0 radical (unpaired) electrons. The van der Waals surface area contributed by atoms with Crippen LogP contribution >= 0.6 is 0 Å². The molecule has 100 valence electrons. The Hall–Kier alpha value is -1.48. The Bertz CT molecular complexity index is 393. The van der Waals surface area contributed by atoms with E-state index in [-0.39, 0.29) is 0 Å². The number of hydrogen-bond acceptors (Lipinski definition) is 3. The van der Waals surface area contributed by atoms with Crippen LogP contribution in [0.1, 0.15) is 32.3 Å². The Kier molecular flexibility index (Phi) is 6.29. The van der Waals surface area contributed by atoms with Gasteiger partial charge in [-0.1, -0.05) is 31.6 Å². The molecule has 3 nitrogen and oxygen atoms in total. The fraction of sp³-hybridized carbons (Fsp3) is 0.467. The average molecular weight is 249 g/mol. The summed E-state index contributed by atoms with van der Waals surface area (Å²) in [4.78, 5) is 0. The first kappa shape index (κ1) is 14.6. The van der Waals surface area contributed by atoms with Crippen LogP contribution in [0, 0.1) is 0 Å². The predicted octanol–water partition coefficient (Wildman–Crippen LogP) is 3.24. The van der Waals surface area contributed by atoms with Crippen molar-refractivity contribution in [1.82, 2.24) is 0 Å². The molecule has 0 bridgehead atoms. The molecule has 3 heteroatoms. The van der Waals surface area contributed by atoms with E-state index in [0.29, 0.717) is 13.2 Å². The number of nitrogens with two attached hydrogens (primary N) is 1. The molecule has 18 heavy (non-hydrogen) atoms. The third kappa shape index (κ3) is 4.08. The van der Waals surface area contributed by atoms with Gasteiger partial charge in [-0.25, -0.2) is 0 Å². The summed E-state index contributed by atoms with van der Waals surface area (Å²) in [6, 6.07) is 5.96. The predicted molar refractivity (Wildman–Crippen MR) is 76.1 cm³/mol. The van der Waals surface area contributed by atoms with E-state index >= 15 is 0 Å². The molecule has 0 aliphatic heterocycles. The molecule has 0 amide bonds. The lowest BCUT2D eigenvalue weighted by Gasteiger charge is -2.11. The number of benzene rings is 1. The number of hydrogen-bond donors (Lipinski definition) is 1. The van der Waals surface area contributed by atoms with Gasteiger partial charge in [0.05, 0.1) is 13.7 Å². The van der Waals surface area contributed by atoms with Crippen molar-refractivity contribution < 1.29 is 9.47 Å². The van der Waals surface area contributed by atoms with Gasteiger partial charge in [-0.2, -0.15) is 0 Å². The van der Waals surface area contributed by atoms with Gasteiger partial charge >= 0.3 is 0 Å². The third-order valence-electron chi connectivity index (χ3n) is 2.74. The van der Waals surface area contributed by atoms with Gasteiger partial charge in [0, 0.05) is 6.54 Å². The van der Waals surface area contributed by atoms with E-state index in [1.807, 2.05) is 18.2 Å². The molecule has 0 unspecified atom stereocenters. The molecule has 0 spiro atoms. The lowest BCUT2D eigenvalue weighted by Crippen LogP contribution is -2.02. The SMILES string of the molecule is CCCOc1ccc(C=C(CC)CN)cc1OC. The number of rotatable bonds is 7. The number of methoxy groups -OCH3 is 1. The van der Waals surface area contributed by atoms with Gasteiger partial charge in [0.15, 0.2) is 11.5 Å². The van der Waals surface area contributed by atoms with E-state index in [4.69, 9.17) is 15.2 Å². The average Bonchev–Trinajstić information content (AvgIpc) is 2.42. The summed E-state index contributed by atoms with van der Waals surface area (Å²) < 4.78 is 11.0. The highest BCUT2D eigenvalue weighted by Gasteiger charge is 2.04. The summed E-state index contributed by atoms with van der Waals surface area (Å²) in [6.07, 6.45) is 4.05. The highest BCUT2D eigenvalue weighted by molar-refractivity contribution is 5.58. The zero-order valence-electron chi connectivity index (χ0n) is 11.5. The van der Waals surface area contributed by atoms with Crippen LogP contribution in [0.2, 0.25) is 0 Å². The molecule has 1 aromatic carbocycles. The van der Waals surface area contributed by atoms with Crippen molar-refractivity contribution in [3.05, 3.63) is 29.3 Å². The van der Waals surface area contributed by atoms with Crippen LogP contribution in [0.4, 0.5) is 0 Å². The first-order valence-corrected chi connectivity index (χ1v) is 6.45. The first-order valence-electron chi connectivity index (χ1n) is 6.45. The van der Waals surface area contributed by atoms with Crippen LogP contribution in [-0.4, -0.2) is 20.3 Å². The lowest BCUT2D eigenvalue weighted by atomic mass is 10.1. The van der Waals surface area contributed by atoms with Crippen molar-refractivity contribution in [1.29, 1.82) is 0 Å². The standard InChI is InChI=1S/C15H23NO2/c1-4-8-18-14-7-6-13(10-15(14)17-3)9-12(5-2)11-16/h6-7,9-10H,4-5,8,11,16H2,1-3H3. The smallest absolute Gasteiger partial charge is 0.161 e. The minimum atomic E-state index is 0.590. The van der Waals surface area contributed by atoms with Crippen molar-refractivity contribution in [3.8, 4) is 11.5 Å². The fourth-order valence-corrected chi connectivity index (χ4v) is 1.65. The first-order chi connectivity index (χ1) is 8.74. The second kappa shape index (κ2) is 7.77. The second-order valence-corrected chi connectivity index (χ2v) is 4.12. The zero-order valence-corrected chi connectivity index (χ0v) is 11.5. The van der Waals surface area contributed by atoms with Crippen LogP contribution < -0.4 is 15.2 Å². The Morgan fingerprint density at radius 2 is 2.06 bits per heavy atom. The highest BCUT2D eigenvalue weighted by atomic mass is 16.5. The summed E-state index contributed by atoms with van der Waals surface area (Å²) in [5, 5.41) is 0. The van der Waals surface area contributed by atoms with E-state index in [1.54, 1.807) is 7.11 Å². The van der Waals surface area contributed by atoms with Crippen LogP contribution in [0.25, 0.3) is 6.08 Å². The molecule has 2 N–H and O–H groups in total. The third-order valence-corrected chi connectivity index (χ3v) is 2.74. The molecular weight excluding hydrogens is 226 g/mol. The highest BCUT2D eigenvalue weighted by Crippen LogP contribution is 2.29. The number of ether oxygens (including phenoxy) is 2. The van der Waals surface area contributed by atoms with Crippen molar-refractivity contribution in [2.45, 2.75) is 26.7 Å². The van der Waals surface area contributed by atoms with Crippen LogP contribution in [0.5, 0.6) is 11.5 Å². The van der Waals surface area contributed by atoms with Gasteiger partial charge in [-0.3, -0.25) is 0 Å². The fourth-order valence-electron chi connectivity index (χ4n) is 1.65. The van der Waals surface area contributed by atoms with Crippen molar-refractivity contribution in [2.75, 3.05) is 20.3 Å². The van der Waals surface area contributed by atoms with Gasteiger partial charge in [0.2, 0.25) is 0 Å². The molecule has 0 aliphatic carbocycles. The summed E-state index contributed by atoms with van der Waals surface area (Å²) in [7, 11) is 1.66. The van der Waals surface area contributed by atoms with Crippen LogP contribution in [-0.2, 0) is 0 Å². The van der Waals surface area contributed by atoms with Crippen LogP contribution in [0.15, 0.2) is 23.8 Å². The maximum absolute atomic E-state index is 5.67. The van der Waals surface area contributed by atoms with Crippen molar-refractivity contribution >= 4 is 6.08 Å². The molecule has 0 saturated carbocycles. The molecule has 0 saturated heterocycles. The van der Waals surface area contributed by atoms with E-state index in [0.717, 1.165) is 29.9 Å². The summed E-state index contributed by atoms with van der Waals surface area (Å²) in [5.41, 5.74) is 7.99. The molecule has 1 aromatic rings. The summed E-state index contributed by atoms with van der Waals surface area (Å²) >= 11 is 0. The van der Waals surface area contributed by atoms with Gasteiger partial charge in [0.1, 0.15) is 0 Å². The molecule has 0 aromatic heterocycles. The molecule has 0 heterocycles. The Balaban J connectivity index is 2.94. The topological polar surface area (TPSA) is 44.5 Å². The van der Waals surface area contributed by atoms with E-state index in [1.165, 1.54) is 5.57 Å². The molecule has 0 atom stereocenters. The normalized spacial score (nSPS) is 11.4. The summed E-state index contributed by atoms with van der Waals surface area (Å²) in [6.45, 7) is 5.48. The van der Waals surface area contributed by atoms with Crippen LogP contribution in [0.3, 0.4) is 0 Å². The monoisotopic (exact) mass is 249 g/mol. The Morgan fingerprint density at radius 1 is 1.28 bits per heavy atom. The van der Waals surface area contributed by atoms with E-state index < -0.39 is 0 Å². The lowest BCUT2D eigenvalue weighted by molar-refractivity contribution is 0.294. The second-order valence-electron chi connectivity index (χ2n) is 4.12. The molecule has 0 aliphatic rings. The minimum absolute atomic E-state index is 0.590. The van der Waals surface area contributed by atoms with Crippen molar-refractivity contribution in [2.24, 2.45) is 5.73 Å². The van der Waals surface area contributed by atoms with Gasteiger partial charge in [-0.05, 0) is 30.5 Å². The Labute approximate surface area is 110 Å². The Morgan fingerprint density at radius 3 is 2.61 bits per heavy atom. The quantitative estimate of drug-likeness (QED) is 0.807. The van der Waals surface area contributed by atoms with Gasteiger partial charge in [0.25, 0.3) is 0 Å². The van der Waals surface area contributed by atoms with Crippen molar-refractivity contribution in [3.63, 3.8) is 0 Å². The molecule has 1 rings (SSSR count).